The largest absolute Gasteiger partial charge is 0.439 e. The number of halogens is 3. The molecule has 2 amide bonds. The molecule has 0 fully saturated rings. The summed E-state index contributed by atoms with van der Waals surface area (Å²) >= 11 is 1.57. The molecule has 3 N–H and O–H groups in total. The van der Waals surface area contributed by atoms with Crippen LogP contribution in [0.5, 0.6) is 11.6 Å². The molecule has 10 nitrogen and oxygen atoms in total. The maximum atomic E-state index is 13.3. The fourth-order valence-corrected chi connectivity index (χ4v) is 4.50. The zero-order chi connectivity index (χ0) is 28.8. The van der Waals surface area contributed by atoms with Crippen LogP contribution in [-0.2, 0) is 6.18 Å². The molecular weight excluding hydrogens is 557 g/mol. The second kappa shape index (κ2) is 12.0. The molecule has 0 saturated carbocycles. The van der Waals surface area contributed by atoms with Crippen LogP contribution >= 0.6 is 11.3 Å². The summed E-state index contributed by atoms with van der Waals surface area (Å²) in [5.41, 5.74) is 0.408. The lowest BCUT2D eigenvalue weighted by molar-refractivity contribution is -0.137. The van der Waals surface area contributed by atoms with Gasteiger partial charge in [0.15, 0.2) is 5.13 Å². The van der Waals surface area contributed by atoms with Crippen LogP contribution in [0.1, 0.15) is 18.9 Å². The topological polar surface area (TPSA) is 119 Å². The highest BCUT2D eigenvalue weighted by molar-refractivity contribution is 7.18. The van der Waals surface area contributed by atoms with Gasteiger partial charge in [0.2, 0.25) is 5.88 Å². The maximum absolute atomic E-state index is 13.3. The summed E-state index contributed by atoms with van der Waals surface area (Å²) in [6, 6.07) is 12.7. The smallest absolute Gasteiger partial charge is 0.416 e. The van der Waals surface area contributed by atoms with Crippen molar-refractivity contribution in [3.63, 3.8) is 0 Å². The summed E-state index contributed by atoms with van der Waals surface area (Å²) in [6.45, 7) is 2.96. The molecule has 5 rings (SSSR count). The van der Waals surface area contributed by atoms with Gasteiger partial charge in [-0.1, -0.05) is 18.3 Å². The average Bonchev–Trinajstić information content (AvgIpc) is 3.66. The summed E-state index contributed by atoms with van der Waals surface area (Å²) < 4.78 is 45.6. The van der Waals surface area contributed by atoms with Crippen LogP contribution in [0.4, 0.5) is 34.5 Å². The number of ether oxygens (including phenoxy) is 1. The van der Waals surface area contributed by atoms with E-state index in [4.69, 9.17) is 4.74 Å². The molecule has 14 heteroatoms. The Kier molecular flexibility index (Phi) is 8.10. The first kappa shape index (κ1) is 27.6. The van der Waals surface area contributed by atoms with E-state index in [2.05, 4.69) is 43.0 Å². The van der Waals surface area contributed by atoms with Gasteiger partial charge in [-0.2, -0.15) is 23.4 Å². The molecule has 3 aromatic heterocycles. The minimum atomic E-state index is -4.60. The van der Waals surface area contributed by atoms with Crippen molar-refractivity contribution in [2.45, 2.75) is 19.5 Å². The van der Waals surface area contributed by atoms with Gasteiger partial charge in [0, 0.05) is 18.8 Å². The van der Waals surface area contributed by atoms with Gasteiger partial charge in [-0.25, -0.2) is 14.8 Å². The van der Waals surface area contributed by atoms with Crippen molar-refractivity contribution in [2.24, 2.45) is 0 Å². The number of nitrogens with zero attached hydrogens (tertiary/aromatic N) is 5. The molecule has 41 heavy (non-hydrogen) atoms. The standard InChI is InChI=1S/C27H23F3N8O2S/c1-2-11-31-26-33-16-23(41-26)17-3-7-20(8-4-17)40-24-10-6-19(15-32-24)36-25(39)37-21-14-18(27(28,29)30)5-9-22(21)38-34-12-13-35-38/h3-10,12-16H,2,11H2,1H3,(H,31,33)(H2,36,37,39). The molecule has 3 heterocycles. The molecule has 0 atom stereocenters. The van der Waals surface area contributed by atoms with Crippen molar-refractivity contribution in [3.05, 3.63) is 84.9 Å². The molecule has 2 aromatic carbocycles. The summed E-state index contributed by atoms with van der Waals surface area (Å²) in [5, 5.41) is 17.0. The second-order valence-corrected chi connectivity index (χ2v) is 9.63. The number of pyridine rings is 1. The van der Waals surface area contributed by atoms with Gasteiger partial charge in [-0.15, -0.1) is 4.80 Å². The fourth-order valence-electron chi connectivity index (χ4n) is 3.66. The fraction of sp³-hybridized carbons (Fsp3) is 0.148. The Morgan fingerprint density at radius 2 is 1.76 bits per heavy atom. The molecule has 0 spiro atoms. The van der Waals surface area contributed by atoms with Crippen LogP contribution in [-0.4, -0.2) is 37.5 Å². The first-order chi connectivity index (χ1) is 19.8. The highest BCUT2D eigenvalue weighted by atomic mass is 32.1. The van der Waals surface area contributed by atoms with E-state index in [1.165, 1.54) is 24.7 Å². The normalized spacial score (nSPS) is 11.2. The molecule has 0 saturated heterocycles. The van der Waals surface area contributed by atoms with Gasteiger partial charge in [-0.3, -0.25) is 0 Å². The maximum Gasteiger partial charge on any atom is 0.416 e. The molecule has 0 aliphatic heterocycles. The van der Waals surface area contributed by atoms with Crippen molar-refractivity contribution < 1.29 is 22.7 Å². The molecule has 0 aliphatic rings. The molecule has 0 aliphatic carbocycles. The summed E-state index contributed by atoms with van der Waals surface area (Å²) in [4.78, 5) is 23.3. The number of rotatable bonds is 9. The monoisotopic (exact) mass is 580 g/mol. The van der Waals surface area contributed by atoms with E-state index in [9.17, 15) is 18.0 Å². The Morgan fingerprint density at radius 3 is 2.44 bits per heavy atom. The first-order valence-corrected chi connectivity index (χ1v) is 13.2. The minimum Gasteiger partial charge on any atom is -0.439 e. The summed E-state index contributed by atoms with van der Waals surface area (Å²) in [5.74, 6) is 0.857. The van der Waals surface area contributed by atoms with Gasteiger partial charge in [0.05, 0.1) is 40.4 Å². The number of benzene rings is 2. The lowest BCUT2D eigenvalue weighted by atomic mass is 10.1. The second-order valence-electron chi connectivity index (χ2n) is 8.60. The van der Waals surface area contributed by atoms with Crippen molar-refractivity contribution in [3.8, 4) is 27.8 Å². The number of carbonyl (C=O) groups is 1. The molecule has 210 valence electrons. The van der Waals surface area contributed by atoms with Crippen LogP contribution in [0.3, 0.4) is 0 Å². The Labute approximate surface area is 236 Å². The van der Waals surface area contributed by atoms with Gasteiger partial charge < -0.3 is 20.7 Å². The number of thiazole rings is 1. The van der Waals surface area contributed by atoms with Crippen molar-refractivity contribution in [1.29, 1.82) is 0 Å². The van der Waals surface area contributed by atoms with E-state index in [0.717, 1.165) is 45.5 Å². The third kappa shape index (κ3) is 6.97. The lowest BCUT2D eigenvalue weighted by Gasteiger charge is -2.14. The lowest BCUT2D eigenvalue weighted by Crippen LogP contribution is -2.21. The molecule has 0 unspecified atom stereocenters. The van der Waals surface area contributed by atoms with Gasteiger partial charge >= 0.3 is 12.2 Å². The van der Waals surface area contributed by atoms with Crippen molar-refractivity contribution >= 4 is 33.9 Å². The number of aromatic nitrogens is 5. The quantitative estimate of drug-likeness (QED) is 0.171. The SMILES string of the molecule is CCCNc1ncc(-c2ccc(Oc3ccc(NC(=O)Nc4cc(C(F)(F)F)ccc4-n4nccn4)cn3)cc2)s1. The summed E-state index contributed by atoms with van der Waals surface area (Å²) in [6.07, 6.45) is 2.35. The van der Waals surface area contributed by atoms with Crippen LogP contribution in [0.15, 0.2) is 79.4 Å². The number of urea groups is 1. The number of nitrogens with one attached hydrogen (secondary N) is 3. The van der Waals surface area contributed by atoms with E-state index < -0.39 is 17.8 Å². The van der Waals surface area contributed by atoms with Crippen molar-refractivity contribution in [1.82, 2.24) is 25.0 Å². The Hall–Kier alpha value is -4.98. The Bertz CT molecular complexity index is 1610. The number of anilines is 3. The van der Waals surface area contributed by atoms with Crippen LogP contribution in [0.2, 0.25) is 0 Å². The molecule has 0 bridgehead atoms. The summed E-state index contributed by atoms with van der Waals surface area (Å²) in [7, 11) is 0. The van der Waals surface area contributed by atoms with Crippen LogP contribution in [0, 0.1) is 0 Å². The zero-order valence-electron chi connectivity index (χ0n) is 21.5. The molecular formula is C27H23F3N8O2S. The highest BCUT2D eigenvalue weighted by Crippen LogP contribution is 2.34. The first-order valence-electron chi connectivity index (χ1n) is 12.4. The highest BCUT2D eigenvalue weighted by Gasteiger charge is 2.31. The number of amides is 2. The van der Waals surface area contributed by atoms with E-state index >= 15 is 0 Å². The number of hydrogen-bond acceptors (Lipinski definition) is 8. The van der Waals surface area contributed by atoms with E-state index in [-0.39, 0.29) is 17.3 Å². The predicted octanol–water partition coefficient (Wildman–Crippen LogP) is 7.06. The Balaban J connectivity index is 1.21. The van der Waals surface area contributed by atoms with Gasteiger partial charge in [-0.05, 0) is 60.5 Å². The minimum absolute atomic E-state index is 0.128. The molecule has 5 aromatic rings. The zero-order valence-corrected chi connectivity index (χ0v) is 22.3. The van der Waals surface area contributed by atoms with Gasteiger partial charge in [0.1, 0.15) is 11.4 Å². The predicted molar refractivity (Wildman–Crippen MR) is 150 cm³/mol. The van der Waals surface area contributed by atoms with Gasteiger partial charge in [0.25, 0.3) is 0 Å². The van der Waals surface area contributed by atoms with Crippen molar-refractivity contribution in [2.75, 3.05) is 22.5 Å². The molecule has 0 radical (unpaired) electrons. The number of carbonyl (C=O) groups excluding carboxylic acids is 1. The van der Waals surface area contributed by atoms with E-state index in [0.29, 0.717) is 11.4 Å². The van der Waals surface area contributed by atoms with Crippen LogP contribution < -0.4 is 20.7 Å². The van der Waals surface area contributed by atoms with Crippen LogP contribution in [0.25, 0.3) is 16.1 Å². The van der Waals surface area contributed by atoms with E-state index in [1.54, 1.807) is 23.5 Å². The third-order valence-electron chi connectivity index (χ3n) is 5.59. The average molecular weight is 581 g/mol. The number of hydrogen-bond donors (Lipinski definition) is 3. The third-order valence-corrected chi connectivity index (χ3v) is 6.60. The van der Waals surface area contributed by atoms with E-state index in [1.807, 2.05) is 30.5 Å². The number of alkyl halides is 3. The Morgan fingerprint density at radius 1 is 0.976 bits per heavy atom.